The molecule has 1 N–H and O–H groups in total. The molecule has 0 aromatic rings. The van der Waals surface area contributed by atoms with Crippen LogP contribution in [-0.4, -0.2) is 51.8 Å². The molecule has 1 aliphatic heterocycles. The Labute approximate surface area is 149 Å². The van der Waals surface area contributed by atoms with E-state index in [1.807, 2.05) is 4.90 Å². The first-order valence-corrected chi connectivity index (χ1v) is 9.95. The third-order valence-corrected chi connectivity index (χ3v) is 6.61. The van der Waals surface area contributed by atoms with Crippen LogP contribution in [0.2, 0.25) is 0 Å². The maximum Gasteiger partial charge on any atom is 0.325 e. The van der Waals surface area contributed by atoms with Crippen molar-refractivity contribution >= 4 is 17.8 Å². The molecular weight excluding hydrogens is 318 g/mol. The van der Waals surface area contributed by atoms with Crippen molar-refractivity contribution in [2.75, 3.05) is 6.54 Å². The number of urea groups is 1. The quantitative estimate of drug-likeness (QED) is 0.794. The van der Waals surface area contributed by atoms with Crippen molar-refractivity contribution in [1.82, 2.24) is 15.1 Å². The van der Waals surface area contributed by atoms with Crippen LogP contribution in [0.4, 0.5) is 4.79 Å². The number of rotatable bonds is 4. The van der Waals surface area contributed by atoms with Crippen LogP contribution in [0.5, 0.6) is 0 Å². The second-order valence-electron chi connectivity index (χ2n) is 8.56. The minimum absolute atomic E-state index is 0.0425. The van der Waals surface area contributed by atoms with E-state index >= 15 is 0 Å². The second kappa shape index (κ2) is 6.29. The molecule has 0 unspecified atom stereocenters. The molecule has 6 heteroatoms. The van der Waals surface area contributed by atoms with Crippen molar-refractivity contribution < 1.29 is 14.4 Å². The topological polar surface area (TPSA) is 69.7 Å². The third-order valence-electron chi connectivity index (χ3n) is 6.61. The average molecular weight is 347 g/mol. The van der Waals surface area contributed by atoms with Gasteiger partial charge in [-0.25, -0.2) is 4.79 Å². The summed E-state index contributed by atoms with van der Waals surface area (Å²) >= 11 is 0. The van der Waals surface area contributed by atoms with E-state index in [0.29, 0.717) is 30.8 Å². The molecule has 0 bridgehead atoms. The molecule has 1 heterocycles. The lowest BCUT2D eigenvalue weighted by Crippen LogP contribution is -2.50. The smallest absolute Gasteiger partial charge is 0.325 e. The molecule has 4 rings (SSSR count). The van der Waals surface area contributed by atoms with E-state index in [-0.39, 0.29) is 24.4 Å². The van der Waals surface area contributed by atoms with Crippen LogP contribution in [0.15, 0.2) is 0 Å². The van der Waals surface area contributed by atoms with Crippen LogP contribution in [0.1, 0.15) is 71.1 Å². The standard InChI is InChI=1S/C19H29N3O3/c1-13-8-10-19(11-9-13)17(24)21(18(25)20-19)12-16(23)22(15-6-7-15)14-4-2-3-5-14/h13-15H,2-12H2,1H3,(H,20,25). The number of nitrogens with one attached hydrogen (secondary N) is 1. The molecule has 25 heavy (non-hydrogen) atoms. The predicted octanol–water partition coefficient (Wildman–Crippen LogP) is 2.42. The summed E-state index contributed by atoms with van der Waals surface area (Å²) in [6.07, 6.45) is 9.87. The molecule has 3 aliphatic carbocycles. The van der Waals surface area contributed by atoms with E-state index in [4.69, 9.17) is 0 Å². The lowest BCUT2D eigenvalue weighted by atomic mass is 9.77. The Hall–Kier alpha value is -1.59. The molecule has 4 aliphatic rings. The number of nitrogens with zero attached hydrogens (tertiary/aromatic N) is 2. The number of imide groups is 1. The van der Waals surface area contributed by atoms with Crippen LogP contribution >= 0.6 is 0 Å². The fraction of sp³-hybridized carbons (Fsp3) is 0.842. The number of amides is 4. The van der Waals surface area contributed by atoms with Crippen LogP contribution in [0.25, 0.3) is 0 Å². The molecule has 1 spiro atoms. The maximum atomic E-state index is 12.9. The largest absolute Gasteiger partial charge is 0.335 e. The fourth-order valence-corrected chi connectivity index (χ4v) is 4.87. The first-order chi connectivity index (χ1) is 12.0. The van der Waals surface area contributed by atoms with Crippen LogP contribution in [0, 0.1) is 5.92 Å². The Morgan fingerprint density at radius 1 is 1.08 bits per heavy atom. The average Bonchev–Trinajstić information content (AvgIpc) is 3.22. The normalized spacial score (nSPS) is 33.2. The summed E-state index contributed by atoms with van der Waals surface area (Å²) in [5.74, 6) is 0.373. The van der Waals surface area contributed by atoms with Gasteiger partial charge in [-0.1, -0.05) is 19.8 Å². The number of carbonyl (C=O) groups is 3. The van der Waals surface area contributed by atoms with Gasteiger partial charge in [0, 0.05) is 12.1 Å². The second-order valence-corrected chi connectivity index (χ2v) is 8.56. The third kappa shape index (κ3) is 3.04. The zero-order chi connectivity index (χ0) is 17.6. The summed E-state index contributed by atoms with van der Waals surface area (Å²) in [4.78, 5) is 41.5. The Morgan fingerprint density at radius 2 is 1.68 bits per heavy atom. The van der Waals surface area contributed by atoms with Gasteiger partial charge in [-0.15, -0.1) is 0 Å². The van der Waals surface area contributed by atoms with Crippen LogP contribution in [-0.2, 0) is 9.59 Å². The Bertz CT molecular complexity index is 572. The van der Waals surface area contributed by atoms with Crippen molar-refractivity contribution in [3.8, 4) is 0 Å². The van der Waals surface area contributed by atoms with Gasteiger partial charge in [0.2, 0.25) is 5.91 Å². The van der Waals surface area contributed by atoms with Gasteiger partial charge in [-0.05, 0) is 57.3 Å². The van der Waals surface area contributed by atoms with Gasteiger partial charge in [0.15, 0.2) is 0 Å². The van der Waals surface area contributed by atoms with E-state index in [0.717, 1.165) is 38.5 Å². The molecule has 3 saturated carbocycles. The summed E-state index contributed by atoms with van der Waals surface area (Å²) in [7, 11) is 0. The minimum Gasteiger partial charge on any atom is -0.335 e. The molecule has 0 aromatic carbocycles. The predicted molar refractivity (Wildman–Crippen MR) is 92.7 cm³/mol. The number of hydrogen-bond donors (Lipinski definition) is 1. The van der Waals surface area contributed by atoms with E-state index in [9.17, 15) is 14.4 Å². The summed E-state index contributed by atoms with van der Waals surface area (Å²) in [5.41, 5.74) is -0.748. The first kappa shape index (κ1) is 16.9. The Morgan fingerprint density at radius 3 is 2.28 bits per heavy atom. The molecule has 6 nitrogen and oxygen atoms in total. The van der Waals surface area contributed by atoms with Gasteiger partial charge in [-0.2, -0.15) is 0 Å². The van der Waals surface area contributed by atoms with Crippen LogP contribution in [0.3, 0.4) is 0 Å². The van der Waals surface area contributed by atoms with E-state index < -0.39 is 5.54 Å². The lowest BCUT2D eigenvalue weighted by Gasteiger charge is -2.34. The van der Waals surface area contributed by atoms with Crippen molar-refractivity contribution in [3.63, 3.8) is 0 Å². The van der Waals surface area contributed by atoms with Gasteiger partial charge in [0.05, 0.1) is 0 Å². The van der Waals surface area contributed by atoms with Gasteiger partial charge in [0.25, 0.3) is 5.91 Å². The molecule has 0 radical (unpaired) electrons. The zero-order valence-electron chi connectivity index (χ0n) is 15.1. The minimum atomic E-state index is -0.748. The summed E-state index contributed by atoms with van der Waals surface area (Å²) in [5, 5.41) is 2.92. The van der Waals surface area contributed by atoms with E-state index in [2.05, 4.69) is 12.2 Å². The van der Waals surface area contributed by atoms with Crippen molar-refractivity contribution in [2.24, 2.45) is 5.92 Å². The first-order valence-electron chi connectivity index (χ1n) is 9.95. The molecule has 0 atom stereocenters. The van der Waals surface area contributed by atoms with Gasteiger partial charge < -0.3 is 10.2 Å². The maximum absolute atomic E-state index is 12.9. The van der Waals surface area contributed by atoms with Crippen molar-refractivity contribution in [2.45, 2.75) is 88.8 Å². The highest BCUT2D eigenvalue weighted by atomic mass is 16.2. The van der Waals surface area contributed by atoms with E-state index in [1.165, 1.54) is 17.7 Å². The summed E-state index contributed by atoms with van der Waals surface area (Å²) < 4.78 is 0. The van der Waals surface area contributed by atoms with Gasteiger partial charge in [-0.3, -0.25) is 14.5 Å². The fourth-order valence-electron chi connectivity index (χ4n) is 4.87. The molecule has 4 amide bonds. The Balaban J connectivity index is 1.45. The lowest BCUT2D eigenvalue weighted by molar-refractivity contribution is -0.141. The number of carbonyl (C=O) groups excluding carboxylic acids is 3. The van der Waals surface area contributed by atoms with Crippen molar-refractivity contribution in [1.29, 1.82) is 0 Å². The van der Waals surface area contributed by atoms with Gasteiger partial charge >= 0.3 is 6.03 Å². The highest BCUT2D eigenvalue weighted by molar-refractivity contribution is 6.09. The monoisotopic (exact) mass is 347 g/mol. The SMILES string of the molecule is CC1CCC2(CC1)NC(=O)N(CC(=O)N(C1CCCC1)C1CC1)C2=O. The molecule has 1 saturated heterocycles. The Kier molecular flexibility index (Phi) is 4.24. The van der Waals surface area contributed by atoms with E-state index in [1.54, 1.807) is 0 Å². The van der Waals surface area contributed by atoms with Gasteiger partial charge in [0.1, 0.15) is 12.1 Å². The van der Waals surface area contributed by atoms with Crippen molar-refractivity contribution in [3.05, 3.63) is 0 Å². The highest BCUT2D eigenvalue weighted by Crippen LogP contribution is 2.37. The highest BCUT2D eigenvalue weighted by Gasteiger charge is 2.53. The summed E-state index contributed by atoms with van der Waals surface area (Å²) in [6, 6.07) is 0.265. The summed E-state index contributed by atoms with van der Waals surface area (Å²) in [6.45, 7) is 2.10. The molecule has 0 aromatic heterocycles. The molecular formula is C19H29N3O3. The molecule has 138 valence electrons. The molecule has 4 fully saturated rings. The van der Waals surface area contributed by atoms with Crippen LogP contribution < -0.4 is 5.32 Å². The zero-order valence-corrected chi connectivity index (χ0v) is 15.1. The number of hydrogen-bond acceptors (Lipinski definition) is 3.